The number of phenolic OH excluding ortho intramolecular Hbond substituents is 1. The number of nitro benzene ring substituents is 1. The molecule has 1 aromatic rings. The lowest BCUT2D eigenvalue weighted by atomic mass is 10.1. The quantitative estimate of drug-likeness (QED) is 0.481. The largest absolute Gasteiger partial charge is 0.507 e. The van der Waals surface area contributed by atoms with Gasteiger partial charge in [-0.1, -0.05) is 0 Å². The molecule has 17 heavy (non-hydrogen) atoms. The first-order chi connectivity index (χ1) is 8.01. The van der Waals surface area contributed by atoms with Crippen LogP contribution in [0.15, 0.2) is 12.1 Å². The Morgan fingerprint density at radius 1 is 1.65 bits per heavy atom. The second-order valence-electron chi connectivity index (χ2n) is 2.98. The predicted molar refractivity (Wildman–Crippen MR) is 55.4 cm³/mol. The maximum Gasteiger partial charge on any atom is 0.342 e. The minimum atomic E-state index is -0.877. The van der Waals surface area contributed by atoms with Crippen molar-refractivity contribution < 1.29 is 19.6 Å². The molecule has 0 aliphatic heterocycles. The van der Waals surface area contributed by atoms with Gasteiger partial charge in [-0.15, -0.1) is 0 Å². The molecule has 0 bridgehead atoms. The Bertz CT molecular complexity index is 518. The first-order valence-corrected chi connectivity index (χ1v) is 4.59. The molecule has 0 atom stereocenters. The summed E-state index contributed by atoms with van der Waals surface area (Å²) in [6.45, 7) is 1.64. The summed E-state index contributed by atoms with van der Waals surface area (Å²) in [5.41, 5.74) is -1.20. The summed E-state index contributed by atoms with van der Waals surface area (Å²) in [4.78, 5) is 21.2. The van der Waals surface area contributed by atoms with Gasteiger partial charge in [-0.25, -0.2) is 4.79 Å². The summed E-state index contributed by atoms with van der Waals surface area (Å²) in [5, 5.41) is 28.7. The van der Waals surface area contributed by atoms with Crippen molar-refractivity contribution in [2.75, 3.05) is 6.61 Å². The molecule has 7 heteroatoms. The molecule has 1 rings (SSSR count). The lowest BCUT2D eigenvalue weighted by molar-refractivity contribution is -0.385. The van der Waals surface area contributed by atoms with Gasteiger partial charge in [0.15, 0.2) is 0 Å². The van der Waals surface area contributed by atoms with Gasteiger partial charge in [0.25, 0.3) is 5.69 Å². The maximum absolute atomic E-state index is 11.4. The van der Waals surface area contributed by atoms with Gasteiger partial charge in [0.05, 0.1) is 11.5 Å². The minimum absolute atomic E-state index is 0.0755. The smallest absolute Gasteiger partial charge is 0.342 e. The fourth-order valence-corrected chi connectivity index (χ4v) is 1.19. The van der Waals surface area contributed by atoms with E-state index in [9.17, 15) is 20.0 Å². The number of carbonyl (C=O) groups excluding carboxylic acids is 1. The molecule has 0 heterocycles. The number of nitro groups is 1. The molecule has 0 amide bonds. The summed E-state index contributed by atoms with van der Waals surface area (Å²) in [5.74, 6) is -1.40. The number of nitriles is 1. The SMILES string of the molecule is CCOC(=O)c1cc([N+](=O)[O-])c(C#N)cc1O. The first-order valence-electron chi connectivity index (χ1n) is 4.59. The highest BCUT2D eigenvalue weighted by molar-refractivity contribution is 5.93. The van der Waals surface area contributed by atoms with Crippen LogP contribution in [0.25, 0.3) is 0 Å². The van der Waals surface area contributed by atoms with Gasteiger partial charge in [-0.2, -0.15) is 5.26 Å². The van der Waals surface area contributed by atoms with E-state index < -0.39 is 22.3 Å². The van der Waals surface area contributed by atoms with E-state index in [0.717, 1.165) is 12.1 Å². The minimum Gasteiger partial charge on any atom is -0.507 e. The average Bonchev–Trinajstić information content (AvgIpc) is 2.28. The summed E-state index contributed by atoms with van der Waals surface area (Å²) in [6, 6.07) is 3.25. The van der Waals surface area contributed by atoms with Gasteiger partial charge in [-0.3, -0.25) is 10.1 Å². The van der Waals surface area contributed by atoms with Crippen molar-refractivity contribution in [3.63, 3.8) is 0 Å². The van der Waals surface area contributed by atoms with E-state index in [1.54, 1.807) is 13.0 Å². The second-order valence-corrected chi connectivity index (χ2v) is 2.98. The van der Waals surface area contributed by atoms with Crippen molar-refractivity contribution in [1.82, 2.24) is 0 Å². The van der Waals surface area contributed by atoms with Crippen molar-refractivity contribution in [3.05, 3.63) is 33.4 Å². The topological polar surface area (TPSA) is 113 Å². The summed E-state index contributed by atoms with van der Waals surface area (Å²) < 4.78 is 4.61. The van der Waals surface area contributed by atoms with Crippen LogP contribution in [0.1, 0.15) is 22.8 Å². The number of ether oxygens (including phenoxy) is 1. The van der Waals surface area contributed by atoms with Crippen molar-refractivity contribution in [3.8, 4) is 11.8 Å². The Morgan fingerprint density at radius 3 is 2.76 bits per heavy atom. The number of rotatable bonds is 3. The molecule has 7 nitrogen and oxygen atoms in total. The first kappa shape index (κ1) is 12.4. The van der Waals surface area contributed by atoms with Crippen LogP contribution in [0.3, 0.4) is 0 Å². The fraction of sp³-hybridized carbons (Fsp3) is 0.200. The van der Waals surface area contributed by atoms with Crippen LogP contribution in [0.5, 0.6) is 5.75 Å². The lowest BCUT2D eigenvalue weighted by Crippen LogP contribution is -2.06. The average molecular weight is 236 g/mol. The summed E-state index contributed by atoms with van der Waals surface area (Å²) >= 11 is 0. The van der Waals surface area contributed by atoms with Crippen molar-refractivity contribution in [1.29, 1.82) is 5.26 Å². The molecule has 0 aliphatic carbocycles. The van der Waals surface area contributed by atoms with Gasteiger partial charge in [0.1, 0.15) is 22.9 Å². The van der Waals surface area contributed by atoms with Crippen LogP contribution in [-0.4, -0.2) is 22.6 Å². The molecule has 0 saturated heterocycles. The molecule has 0 spiro atoms. The van der Waals surface area contributed by atoms with Crippen LogP contribution in [0.2, 0.25) is 0 Å². The van der Waals surface area contributed by atoms with Crippen molar-refractivity contribution in [2.45, 2.75) is 6.92 Å². The van der Waals surface area contributed by atoms with Crippen molar-refractivity contribution >= 4 is 11.7 Å². The summed E-state index contributed by atoms with van der Waals surface area (Å²) in [6.07, 6.45) is 0. The zero-order valence-electron chi connectivity index (χ0n) is 8.84. The fourth-order valence-electron chi connectivity index (χ4n) is 1.19. The van der Waals surface area contributed by atoms with E-state index in [4.69, 9.17) is 5.26 Å². The normalized spacial score (nSPS) is 9.41. The Morgan fingerprint density at radius 2 is 2.29 bits per heavy atom. The third-order valence-electron chi connectivity index (χ3n) is 1.93. The molecular formula is C10H8N2O5. The standard InChI is InChI=1S/C10H8N2O5/c1-2-17-10(14)7-4-8(12(15)16)6(5-11)3-9(7)13/h3-4,13H,2H2,1H3. The number of benzene rings is 1. The van der Waals surface area contributed by atoms with Gasteiger partial charge in [0, 0.05) is 12.1 Å². The number of hydrogen-bond donors (Lipinski definition) is 1. The van der Waals surface area contributed by atoms with Crippen LogP contribution in [-0.2, 0) is 4.74 Å². The summed E-state index contributed by atoms with van der Waals surface area (Å²) in [7, 11) is 0. The van der Waals surface area contributed by atoms with E-state index in [2.05, 4.69) is 4.74 Å². The zero-order chi connectivity index (χ0) is 13.0. The van der Waals surface area contributed by atoms with Crippen molar-refractivity contribution in [2.24, 2.45) is 0 Å². The third-order valence-corrected chi connectivity index (χ3v) is 1.93. The number of carbonyl (C=O) groups is 1. The highest BCUT2D eigenvalue weighted by Gasteiger charge is 2.22. The molecule has 88 valence electrons. The highest BCUT2D eigenvalue weighted by atomic mass is 16.6. The molecule has 1 N–H and O–H groups in total. The number of esters is 1. The van der Waals surface area contributed by atoms with E-state index in [1.807, 2.05) is 0 Å². The number of aromatic hydroxyl groups is 1. The van der Waals surface area contributed by atoms with Crippen LogP contribution < -0.4 is 0 Å². The van der Waals surface area contributed by atoms with Gasteiger partial charge in [0.2, 0.25) is 0 Å². The molecule has 0 aliphatic rings. The Hall–Kier alpha value is -2.62. The van der Waals surface area contributed by atoms with Gasteiger partial charge < -0.3 is 9.84 Å². The highest BCUT2D eigenvalue weighted by Crippen LogP contribution is 2.27. The molecular weight excluding hydrogens is 228 g/mol. The molecule has 0 unspecified atom stereocenters. The monoisotopic (exact) mass is 236 g/mol. The van der Waals surface area contributed by atoms with Crippen LogP contribution >= 0.6 is 0 Å². The lowest BCUT2D eigenvalue weighted by Gasteiger charge is -2.04. The Balaban J connectivity index is 3.35. The molecule has 0 radical (unpaired) electrons. The van der Waals surface area contributed by atoms with E-state index in [-0.39, 0.29) is 17.7 Å². The second kappa shape index (κ2) is 4.94. The third kappa shape index (κ3) is 2.49. The predicted octanol–water partition coefficient (Wildman–Crippen LogP) is 1.35. The van der Waals surface area contributed by atoms with Gasteiger partial charge >= 0.3 is 5.97 Å². The zero-order valence-corrected chi connectivity index (χ0v) is 8.84. The Labute approximate surface area is 96.0 Å². The van der Waals surface area contributed by atoms with Gasteiger partial charge in [-0.05, 0) is 6.92 Å². The van der Waals surface area contributed by atoms with E-state index in [1.165, 1.54) is 0 Å². The number of hydrogen-bond acceptors (Lipinski definition) is 6. The van der Waals surface area contributed by atoms with Crippen LogP contribution in [0, 0.1) is 21.4 Å². The van der Waals surface area contributed by atoms with Crippen LogP contribution in [0.4, 0.5) is 5.69 Å². The Kier molecular flexibility index (Phi) is 3.62. The van der Waals surface area contributed by atoms with E-state index >= 15 is 0 Å². The molecule has 1 aromatic carbocycles. The number of nitrogens with zero attached hydrogens (tertiary/aromatic N) is 2. The molecule has 0 aromatic heterocycles. The van der Waals surface area contributed by atoms with E-state index in [0.29, 0.717) is 0 Å². The molecule has 0 saturated carbocycles. The maximum atomic E-state index is 11.4. The molecule has 0 fully saturated rings. The number of phenols is 1.